The standard InChI is InChI=1S/C15H17N3O4/c1-8-12-13(14(20)16-7-6-11(19)21-2)9-4-3-5-10(9)17-15(12)22-18-8/h3-7H2,1-2H3,(H,16,20). The molecule has 0 radical (unpaired) electrons. The number of methoxy groups -OCH3 is 1. The second-order valence-corrected chi connectivity index (χ2v) is 5.30. The summed E-state index contributed by atoms with van der Waals surface area (Å²) in [5, 5.41) is 7.34. The third-order valence-corrected chi connectivity index (χ3v) is 3.89. The SMILES string of the molecule is COC(=O)CCNC(=O)c1c2c(nc3onc(C)c13)CCC2. The van der Waals surface area contributed by atoms with E-state index in [0.29, 0.717) is 22.4 Å². The molecule has 1 aliphatic rings. The van der Waals surface area contributed by atoms with Crippen LogP contribution in [0.5, 0.6) is 0 Å². The molecule has 7 heteroatoms. The lowest BCUT2D eigenvalue weighted by atomic mass is 10.0. The summed E-state index contributed by atoms with van der Waals surface area (Å²) in [4.78, 5) is 28.2. The predicted molar refractivity (Wildman–Crippen MR) is 77.5 cm³/mol. The van der Waals surface area contributed by atoms with Crippen molar-refractivity contribution < 1.29 is 18.8 Å². The molecule has 2 heterocycles. The van der Waals surface area contributed by atoms with Crippen LogP contribution in [0.4, 0.5) is 0 Å². The van der Waals surface area contributed by atoms with Gasteiger partial charge in [-0.1, -0.05) is 5.16 Å². The Balaban J connectivity index is 1.93. The Morgan fingerprint density at radius 2 is 2.18 bits per heavy atom. The van der Waals surface area contributed by atoms with E-state index < -0.39 is 0 Å². The first-order chi connectivity index (χ1) is 10.6. The topological polar surface area (TPSA) is 94.3 Å². The van der Waals surface area contributed by atoms with Gasteiger partial charge in [0.25, 0.3) is 11.6 Å². The molecule has 0 bridgehead atoms. The molecule has 2 aromatic heterocycles. The van der Waals surface area contributed by atoms with Crippen LogP contribution >= 0.6 is 0 Å². The van der Waals surface area contributed by atoms with Crippen molar-refractivity contribution in [3.05, 3.63) is 22.5 Å². The minimum atomic E-state index is -0.355. The lowest BCUT2D eigenvalue weighted by molar-refractivity contribution is -0.140. The number of nitrogens with zero attached hydrogens (tertiary/aromatic N) is 2. The average molecular weight is 303 g/mol. The van der Waals surface area contributed by atoms with Crippen LogP contribution in [-0.2, 0) is 22.4 Å². The minimum Gasteiger partial charge on any atom is -0.469 e. The molecule has 7 nitrogen and oxygen atoms in total. The number of esters is 1. The van der Waals surface area contributed by atoms with Gasteiger partial charge in [-0.25, -0.2) is 4.98 Å². The van der Waals surface area contributed by atoms with E-state index in [1.165, 1.54) is 7.11 Å². The summed E-state index contributed by atoms with van der Waals surface area (Å²) >= 11 is 0. The van der Waals surface area contributed by atoms with Gasteiger partial charge >= 0.3 is 5.97 Å². The summed E-state index contributed by atoms with van der Waals surface area (Å²) in [6.45, 7) is 2.02. The molecule has 1 aliphatic carbocycles. The maximum Gasteiger partial charge on any atom is 0.307 e. The van der Waals surface area contributed by atoms with Gasteiger partial charge in [0.1, 0.15) is 0 Å². The van der Waals surface area contributed by atoms with Crippen LogP contribution in [0.15, 0.2) is 4.52 Å². The van der Waals surface area contributed by atoms with Gasteiger partial charge in [0.2, 0.25) is 0 Å². The Kier molecular flexibility index (Phi) is 3.79. The van der Waals surface area contributed by atoms with E-state index in [9.17, 15) is 9.59 Å². The number of pyridine rings is 1. The molecule has 0 aromatic carbocycles. The molecule has 2 aromatic rings. The number of amides is 1. The zero-order valence-corrected chi connectivity index (χ0v) is 12.6. The number of carbonyl (C=O) groups is 2. The van der Waals surface area contributed by atoms with Crippen molar-refractivity contribution in [2.75, 3.05) is 13.7 Å². The minimum absolute atomic E-state index is 0.140. The van der Waals surface area contributed by atoms with Crippen molar-refractivity contribution in [2.24, 2.45) is 0 Å². The second kappa shape index (κ2) is 5.75. The number of rotatable bonds is 4. The van der Waals surface area contributed by atoms with Crippen LogP contribution in [0.2, 0.25) is 0 Å². The summed E-state index contributed by atoms with van der Waals surface area (Å²) in [6.07, 6.45) is 2.78. The van der Waals surface area contributed by atoms with Gasteiger partial charge in [0.05, 0.1) is 30.2 Å². The third kappa shape index (κ3) is 2.43. The Bertz CT molecular complexity index is 751. The molecule has 0 unspecified atom stereocenters. The van der Waals surface area contributed by atoms with Crippen molar-refractivity contribution in [2.45, 2.75) is 32.6 Å². The highest BCUT2D eigenvalue weighted by Crippen LogP contribution is 2.31. The van der Waals surface area contributed by atoms with Crippen LogP contribution in [0, 0.1) is 6.92 Å². The third-order valence-electron chi connectivity index (χ3n) is 3.89. The van der Waals surface area contributed by atoms with E-state index in [1.807, 2.05) is 0 Å². The van der Waals surface area contributed by atoms with Gasteiger partial charge in [-0.15, -0.1) is 0 Å². The molecule has 0 atom stereocenters. The van der Waals surface area contributed by atoms with Gasteiger partial charge in [0.15, 0.2) is 0 Å². The molecule has 1 amide bonds. The fourth-order valence-corrected chi connectivity index (χ4v) is 2.83. The molecule has 0 spiro atoms. The first kappa shape index (κ1) is 14.5. The molecular formula is C15H17N3O4. The molecule has 22 heavy (non-hydrogen) atoms. The largest absolute Gasteiger partial charge is 0.469 e. The number of aryl methyl sites for hydroxylation is 2. The Labute approximate surface area is 127 Å². The Morgan fingerprint density at radius 3 is 2.95 bits per heavy atom. The van der Waals surface area contributed by atoms with Crippen LogP contribution in [0.25, 0.3) is 11.1 Å². The van der Waals surface area contributed by atoms with Crippen LogP contribution in [0.1, 0.15) is 40.2 Å². The lowest BCUT2D eigenvalue weighted by Crippen LogP contribution is -2.27. The van der Waals surface area contributed by atoms with E-state index in [1.54, 1.807) is 6.92 Å². The van der Waals surface area contributed by atoms with Gasteiger partial charge in [0, 0.05) is 12.2 Å². The number of ether oxygens (including phenoxy) is 1. The smallest absolute Gasteiger partial charge is 0.307 e. The summed E-state index contributed by atoms with van der Waals surface area (Å²) in [6, 6.07) is 0. The number of nitrogens with one attached hydrogen (secondary N) is 1. The van der Waals surface area contributed by atoms with Gasteiger partial charge in [-0.2, -0.15) is 0 Å². The van der Waals surface area contributed by atoms with E-state index in [4.69, 9.17) is 4.52 Å². The summed E-state index contributed by atoms with van der Waals surface area (Å²) in [7, 11) is 1.32. The van der Waals surface area contributed by atoms with E-state index in [0.717, 1.165) is 30.5 Å². The second-order valence-electron chi connectivity index (χ2n) is 5.30. The highest BCUT2D eigenvalue weighted by atomic mass is 16.5. The highest BCUT2D eigenvalue weighted by molar-refractivity contribution is 6.07. The summed E-state index contributed by atoms with van der Waals surface area (Å²) < 4.78 is 9.77. The van der Waals surface area contributed by atoms with Crippen molar-refractivity contribution in [3.8, 4) is 0 Å². The fourth-order valence-electron chi connectivity index (χ4n) is 2.83. The Hall–Kier alpha value is -2.44. The van der Waals surface area contributed by atoms with Crippen LogP contribution in [-0.4, -0.2) is 35.7 Å². The normalized spacial score (nSPS) is 13.2. The van der Waals surface area contributed by atoms with Gasteiger partial charge in [-0.05, 0) is 31.7 Å². The first-order valence-electron chi connectivity index (χ1n) is 7.24. The summed E-state index contributed by atoms with van der Waals surface area (Å²) in [5.41, 5.74) is 3.50. The van der Waals surface area contributed by atoms with Crippen molar-refractivity contribution >= 4 is 23.0 Å². The van der Waals surface area contributed by atoms with Crippen molar-refractivity contribution in [1.82, 2.24) is 15.5 Å². The molecule has 0 saturated carbocycles. The van der Waals surface area contributed by atoms with Crippen molar-refractivity contribution in [3.63, 3.8) is 0 Å². The predicted octanol–water partition coefficient (Wildman–Crippen LogP) is 1.31. The van der Waals surface area contributed by atoms with E-state index in [2.05, 4.69) is 20.2 Å². The maximum absolute atomic E-state index is 12.6. The van der Waals surface area contributed by atoms with E-state index in [-0.39, 0.29) is 24.8 Å². The zero-order valence-electron chi connectivity index (χ0n) is 12.6. The van der Waals surface area contributed by atoms with E-state index >= 15 is 0 Å². The fraction of sp³-hybridized carbons (Fsp3) is 0.467. The van der Waals surface area contributed by atoms with Gasteiger partial charge in [-0.3, -0.25) is 9.59 Å². The number of hydrogen-bond acceptors (Lipinski definition) is 6. The zero-order chi connectivity index (χ0) is 15.7. The maximum atomic E-state index is 12.6. The lowest BCUT2D eigenvalue weighted by Gasteiger charge is -2.10. The number of carbonyl (C=O) groups excluding carboxylic acids is 2. The molecular weight excluding hydrogens is 286 g/mol. The molecule has 0 aliphatic heterocycles. The molecule has 0 saturated heterocycles. The monoisotopic (exact) mass is 303 g/mol. The number of hydrogen-bond donors (Lipinski definition) is 1. The molecule has 1 N–H and O–H groups in total. The van der Waals surface area contributed by atoms with Crippen LogP contribution < -0.4 is 5.32 Å². The number of fused-ring (bicyclic) bond motifs is 2. The molecule has 0 fully saturated rings. The average Bonchev–Trinajstić information content (AvgIpc) is 3.11. The molecule has 116 valence electrons. The molecule has 3 rings (SSSR count). The highest BCUT2D eigenvalue weighted by Gasteiger charge is 2.26. The number of aromatic nitrogens is 2. The quantitative estimate of drug-likeness (QED) is 0.856. The summed E-state index contributed by atoms with van der Waals surface area (Å²) in [5.74, 6) is -0.577. The Morgan fingerprint density at radius 1 is 1.36 bits per heavy atom. The van der Waals surface area contributed by atoms with Crippen LogP contribution in [0.3, 0.4) is 0 Å². The first-order valence-corrected chi connectivity index (χ1v) is 7.24. The van der Waals surface area contributed by atoms with Gasteiger partial charge < -0.3 is 14.6 Å². The van der Waals surface area contributed by atoms with Crippen molar-refractivity contribution in [1.29, 1.82) is 0 Å².